The smallest absolute Gasteiger partial charge is 0.339 e. The van der Waals surface area contributed by atoms with Crippen molar-refractivity contribution in [1.82, 2.24) is 0 Å². The van der Waals surface area contributed by atoms with Crippen molar-refractivity contribution in [3.05, 3.63) is 46.2 Å². The molecule has 4 nitrogen and oxygen atoms in total. The summed E-state index contributed by atoms with van der Waals surface area (Å²) in [5, 5.41) is 11.1. The molecular formula is C13H12O4S. The number of carbonyl (C=O) groups is 1. The Morgan fingerprint density at radius 3 is 2.83 bits per heavy atom. The van der Waals surface area contributed by atoms with Crippen molar-refractivity contribution in [2.75, 3.05) is 7.11 Å². The molecule has 2 aromatic rings. The monoisotopic (exact) mass is 264 g/mol. The second-order valence-corrected chi connectivity index (χ2v) is 4.57. The summed E-state index contributed by atoms with van der Waals surface area (Å²) in [6, 6.07) is 8.60. The van der Waals surface area contributed by atoms with Crippen LogP contribution in [-0.2, 0) is 6.61 Å². The first-order valence-corrected chi connectivity index (χ1v) is 6.15. The summed E-state index contributed by atoms with van der Waals surface area (Å²) >= 11 is 1.57. The summed E-state index contributed by atoms with van der Waals surface area (Å²) in [5.74, 6) is -0.192. The maximum atomic E-state index is 11.1. The quantitative estimate of drug-likeness (QED) is 0.901. The maximum Gasteiger partial charge on any atom is 0.339 e. The Morgan fingerprint density at radius 2 is 2.22 bits per heavy atom. The third kappa shape index (κ3) is 2.81. The number of carboxylic acid groups (broad SMARTS) is 1. The van der Waals surface area contributed by atoms with E-state index >= 15 is 0 Å². The van der Waals surface area contributed by atoms with E-state index in [1.165, 1.54) is 13.2 Å². The molecule has 0 atom stereocenters. The van der Waals surface area contributed by atoms with Gasteiger partial charge in [0.2, 0.25) is 0 Å². The minimum Gasteiger partial charge on any atom is -0.497 e. The summed E-state index contributed by atoms with van der Waals surface area (Å²) in [4.78, 5) is 12.2. The molecule has 0 amide bonds. The lowest BCUT2D eigenvalue weighted by atomic mass is 10.2. The lowest BCUT2D eigenvalue weighted by Crippen LogP contribution is -2.03. The van der Waals surface area contributed by atoms with Gasteiger partial charge in [0.1, 0.15) is 23.7 Å². The van der Waals surface area contributed by atoms with Crippen LogP contribution in [0.15, 0.2) is 35.7 Å². The Labute approximate surface area is 108 Å². The number of thiophene rings is 1. The minimum absolute atomic E-state index is 0.103. The third-order valence-corrected chi connectivity index (χ3v) is 3.22. The molecule has 0 spiro atoms. The van der Waals surface area contributed by atoms with Gasteiger partial charge in [-0.2, -0.15) is 0 Å². The number of hydrogen-bond acceptors (Lipinski definition) is 4. The first kappa shape index (κ1) is 12.4. The topological polar surface area (TPSA) is 55.8 Å². The number of rotatable bonds is 5. The lowest BCUT2D eigenvalue weighted by molar-refractivity contribution is 0.0691. The van der Waals surface area contributed by atoms with Gasteiger partial charge in [-0.15, -0.1) is 11.3 Å². The van der Waals surface area contributed by atoms with Gasteiger partial charge < -0.3 is 14.6 Å². The molecule has 0 fully saturated rings. The zero-order chi connectivity index (χ0) is 13.0. The summed E-state index contributed by atoms with van der Waals surface area (Å²) in [6.07, 6.45) is 0. The van der Waals surface area contributed by atoms with E-state index in [-0.39, 0.29) is 5.56 Å². The molecule has 1 aromatic carbocycles. The predicted octanol–water partition coefficient (Wildman–Crippen LogP) is 3.03. The maximum absolute atomic E-state index is 11.1. The molecule has 94 valence electrons. The standard InChI is InChI=1S/C13H12O4S/c1-16-9-4-5-12(11(7-9)13(14)15)17-8-10-3-2-6-18-10/h2-7H,8H2,1H3,(H,14,15). The van der Waals surface area contributed by atoms with E-state index < -0.39 is 5.97 Å². The highest BCUT2D eigenvalue weighted by atomic mass is 32.1. The molecule has 0 aliphatic heterocycles. The van der Waals surface area contributed by atoms with Crippen molar-refractivity contribution in [2.45, 2.75) is 6.61 Å². The van der Waals surface area contributed by atoms with Crippen LogP contribution in [0.25, 0.3) is 0 Å². The highest BCUT2D eigenvalue weighted by molar-refractivity contribution is 7.09. The fourth-order valence-electron chi connectivity index (χ4n) is 1.47. The molecule has 0 saturated carbocycles. The van der Waals surface area contributed by atoms with Crippen molar-refractivity contribution in [1.29, 1.82) is 0 Å². The van der Waals surface area contributed by atoms with E-state index in [9.17, 15) is 4.79 Å². The van der Waals surface area contributed by atoms with Gasteiger partial charge in [-0.05, 0) is 29.6 Å². The minimum atomic E-state index is -1.03. The number of carboxylic acids is 1. The second-order valence-electron chi connectivity index (χ2n) is 3.54. The van der Waals surface area contributed by atoms with Crippen LogP contribution in [0.1, 0.15) is 15.2 Å². The fraction of sp³-hybridized carbons (Fsp3) is 0.154. The largest absolute Gasteiger partial charge is 0.497 e. The van der Waals surface area contributed by atoms with E-state index in [0.717, 1.165) is 4.88 Å². The van der Waals surface area contributed by atoms with Crippen LogP contribution in [0.2, 0.25) is 0 Å². The summed E-state index contributed by atoms with van der Waals surface area (Å²) in [6.45, 7) is 0.365. The second kappa shape index (κ2) is 5.55. The molecule has 0 aliphatic carbocycles. The Kier molecular flexibility index (Phi) is 3.84. The molecular weight excluding hydrogens is 252 g/mol. The van der Waals surface area contributed by atoms with Crippen LogP contribution >= 0.6 is 11.3 Å². The zero-order valence-electron chi connectivity index (χ0n) is 9.75. The average molecular weight is 264 g/mol. The number of methoxy groups -OCH3 is 1. The average Bonchev–Trinajstić information content (AvgIpc) is 2.89. The van der Waals surface area contributed by atoms with Crippen molar-refractivity contribution in [3.8, 4) is 11.5 Å². The van der Waals surface area contributed by atoms with E-state index in [0.29, 0.717) is 18.1 Å². The Bertz CT molecular complexity index is 534. The summed E-state index contributed by atoms with van der Waals surface area (Å²) in [5.41, 5.74) is 0.103. The molecule has 1 aromatic heterocycles. The van der Waals surface area contributed by atoms with E-state index in [1.807, 2.05) is 17.5 Å². The molecule has 0 aliphatic rings. The van der Waals surface area contributed by atoms with Gasteiger partial charge in [-0.25, -0.2) is 4.79 Å². The Hall–Kier alpha value is -2.01. The molecule has 0 saturated heterocycles. The highest BCUT2D eigenvalue weighted by Crippen LogP contribution is 2.25. The molecule has 1 N–H and O–H groups in total. The zero-order valence-corrected chi connectivity index (χ0v) is 10.6. The van der Waals surface area contributed by atoms with E-state index in [4.69, 9.17) is 14.6 Å². The number of hydrogen-bond donors (Lipinski definition) is 1. The van der Waals surface area contributed by atoms with Gasteiger partial charge in [0.25, 0.3) is 0 Å². The van der Waals surface area contributed by atoms with Gasteiger partial charge in [0.15, 0.2) is 0 Å². The molecule has 18 heavy (non-hydrogen) atoms. The van der Waals surface area contributed by atoms with Crippen molar-refractivity contribution >= 4 is 17.3 Å². The normalized spacial score (nSPS) is 10.1. The molecule has 2 rings (SSSR count). The lowest BCUT2D eigenvalue weighted by Gasteiger charge is -2.09. The fourth-order valence-corrected chi connectivity index (χ4v) is 2.09. The van der Waals surface area contributed by atoms with Gasteiger partial charge in [0, 0.05) is 4.88 Å². The Balaban J connectivity index is 2.18. The van der Waals surface area contributed by atoms with Crippen LogP contribution in [0.4, 0.5) is 0 Å². The molecule has 0 radical (unpaired) electrons. The molecule has 5 heteroatoms. The van der Waals surface area contributed by atoms with Crippen LogP contribution in [-0.4, -0.2) is 18.2 Å². The summed E-state index contributed by atoms with van der Waals surface area (Å²) in [7, 11) is 1.49. The van der Waals surface area contributed by atoms with Gasteiger partial charge in [0.05, 0.1) is 7.11 Å². The van der Waals surface area contributed by atoms with Crippen molar-refractivity contribution in [3.63, 3.8) is 0 Å². The SMILES string of the molecule is COc1ccc(OCc2cccs2)c(C(=O)O)c1. The number of ether oxygens (including phenoxy) is 2. The third-order valence-electron chi connectivity index (χ3n) is 2.37. The van der Waals surface area contributed by atoms with Crippen LogP contribution < -0.4 is 9.47 Å². The van der Waals surface area contributed by atoms with Gasteiger partial charge in [-0.1, -0.05) is 6.07 Å². The van der Waals surface area contributed by atoms with Gasteiger partial charge in [-0.3, -0.25) is 0 Å². The number of benzene rings is 1. The predicted molar refractivity (Wildman–Crippen MR) is 68.6 cm³/mol. The molecule has 1 heterocycles. The van der Waals surface area contributed by atoms with Gasteiger partial charge >= 0.3 is 5.97 Å². The summed E-state index contributed by atoms with van der Waals surface area (Å²) < 4.78 is 10.5. The van der Waals surface area contributed by atoms with Crippen LogP contribution in [0.5, 0.6) is 11.5 Å². The van der Waals surface area contributed by atoms with E-state index in [2.05, 4.69) is 0 Å². The van der Waals surface area contributed by atoms with E-state index in [1.54, 1.807) is 23.5 Å². The van der Waals surface area contributed by atoms with Crippen LogP contribution in [0, 0.1) is 0 Å². The highest BCUT2D eigenvalue weighted by Gasteiger charge is 2.13. The number of aromatic carboxylic acids is 1. The first-order valence-electron chi connectivity index (χ1n) is 5.27. The Morgan fingerprint density at radius 1 is 1.39 bits per heavy atom. The van der Waals surface area contributed by atoms with Crippen LogP contribution in [0.3, 0.4) is 0 Å². The van der Waals surface area contributed by atoms with Crippen molar-refractivity contribution in [2.24, 2.45) is 0 Å². The first-order chi connectivity index (χ1) is 8.70. The van der Waals surface area contributed by atoms with Crippen molar-refractivity contribution < 1.29 is 19.4 Å². The molecule has 0 unspecified atom stereocenters. The molecule has 0 bridgehead atoms.